The zero-order valence-electron chi connectivity index (χ0n) is 17.4. The number of amides is 2. The first-order valence-corrected chi connectivity index (χ1v) is 10.7. The molecule has 2 aromatic carbocycles. The molecule has 0 radical (unpaired) electrons. The lowest BCUT2D eigenvalue weighted by molar-refractivity contribution is -0.114. The van der Waals surface area contributed by atoms with Crippen molar-refractivity contribution in [2.45, 2.75) is 38.5 Å². The van der Waals surface area contributed by atoms with Gasteiger partial charge in [-0.25, -0.2) is 8.78 Å². The number of fused-ring (bicyclic) bond motifs is 2. The summed E-state index contributed by atoms with van der Waals surface area (Å²) in [5, 5.41) is 0. The van der Waals surface area contributed by atoms with Crippen molar-refractivity contribution in [3.63, 3.8) is 0 Å². The van der Waals surface area contributed by atoms with Crippen LogP contribution in [0.2, 0.25) is 0 Å². The fraction of sp³-hybridized carbons (Fsp3) is 0.333. The lowest BCUT2D eigenvalue weighted by Crippen LogP contribution is -2.30. The molecule has 8 heteroatoms. The van der Waals surface area contributed by atoms with E-state index in [9.17, 15) is 28.0 Å². The third-order valence-electron chi connectivity index (χ3n) is 5.88. The summed E-state index contributed by atoms with van der Waals surface area (Å²) in [6.45, 7) is 0.807. The topological polar surface area (TPSA) is 74.8 Å². The summed E-state index contributed by atoms with van der Waals surface area (Å²) in [6, 6.07) is 7.61. The van der Waals surface area contributed by atoms with Crippen molar-refractivity contribution < 1.29 is 28.0 Å². The Morgan fingerprint density at radius 2 is 0.938 bits per heavy atom. The highest BCUT2D eigenvalue weighted by Gasteiger charge is 2.36. The monoisotopic (exact) mass is 440 g/mol. The molecule has 6 nitrogen and oxygen atoms in total. The van der Waals surface area contributed by atoms with E-state index in [1.165, 1.54) is 34.1 Å². The molecule has 0 saturated heterocycles. The largest absolute Gasteiger partial charge is 0.305 e. The molecule has 2 aliphatic heterocycles. The van der Waals surface area contributed by atoms with Gasteiger partial charge in [-0.1, -0.05) is 25.7 Å². The molecule has 0 bridgehead atoms. The minimum atomic E-state index is -0.668. The molecule has 0 spiro atoms. The van der Waals surface area contributed by atoms with E-state index in [4.69, 9.17) is 0 Å². The Bertz CT molecular complexity index is 1030. The summed E-state index contributed by atoms with van der Waals surface area (Å²) in [7, 11) is 0. The SMILES string of the molecule is O=C1C(=O)N(CCCCCCCCN2C(=O)C(=O)c3cc(F)ccc32)c2ccc(F)cc21. The number of rotatable bonds is 9. The molecule has 0 unspecified atom stereocenters. The van der Waals surface area contributed by atoms with Gasteiger partial charge in [0, 0.05) is 13.1 Å². The van der Waals surface area contributed by atoms with Gasteiger partial charge in [-0.05, 0) is 49.2 Å². The van der Waals surface area contributed by atoms with Gasteiger partial charge in [0.25, 0.3) is 23.4 Å². The van der Waals surface area contributed by atoms with Crippen LogP contribution in [0.25, 0.3) is 0 Å². The van der Waals surface area contributed by atoms with Crippen molar-refractivity contribution in [2.75, 3.05) is 22.9 Å². The molecule has 2 aliphatic rings. The van der Waals surface area contributed by atoms with Gasteiger partial charge in [0.05, 0.1) is 22.5 Å². The van der Waals surface area contributed by atoms with Crippen LogP contribution in [0.5, 0.6) is 0 Å². The van der Waals surface area contributed by atoms with Gasteiger partial charge in [-0.3, -0.25) is 19.2 Å². The van der Waals surface area contributed by atoms with Crippen molar-refractivity contribution >= 4 is 34.8 Å². The van der Waals surface area contributed by atoms with E-state index in [0.29, 0.717) is 37.3 Å². The number of carbonyl (C=O) groups is 4. The smallest absolute Gasteiger partial charge is 0.299 e. The van der Waals surface area contributed by atoms with Crippen molar-refractivity contribution in [2.24, 2.45) is 0 Å². The predicted octanol–water partition coefficient (Wildman–Crippen LogP) is 4.06. The Balaban J connectivity index is 1.17. The quantitative estimate of drug-likeness (QED) is 0.435. The number of ketones is 2. The zero-order chi connectivity index (χ0) is 22.8. The molecule has 2 heterocycles. The van der Waals surface area contributed by atoms with E-state index < -0.39 is 35.0 Å². The van der Waals surface area contributed by atoms with Crippen LogP contribution in [0.1, 0.15) is 59.2 Å². The van der Waals surface area contributed by atoms with Crippen molar-refractivity contribution in [3.8, 4) is 0 Å². The third-order valence-corrected chi connectivity index (χ3v) is 5.88. The minimum absolute atomic E-state index is 0.120. The van der Waals surface area contributed by atoms with Gasteiger partial charge < -0.3 is 9.80 Å². The van der Waals surface area contributed by atoms with E-state index in [2.05, 4.69) is 0 Å². The molecule has 0 N–H and O–H groups in total. The fourth-order valence-electron chi connectivity index (χ4n) is 4.24. The molecular weight excluding hydrogens is 418 g/mol. The third kappa shape index (κ3) is 4.04. The zero-order valence-corrected chi connectivity index (χ0v) is 17.4. The van der Waals surface area contributed by atoms with Crippen molar-refractivity contribution in [1.29, 1.82) is 0 Å². The lowest BCUT2D eigenvalue weighted by atomic mass is 10.1. The fourth-order valence-corrected chi connectivity index (χ4v) is 4.24. The maximum Gasteiger partial charge on any atom is 0.299 e. The number of hydrogen-bond acceptors (Lipinski definition) is 4. The molecule has 32 heavy (non-hydrogen) atoms. The van der Waals surface area contributed by atoms with Gasteiger partial charge in [-0.2, -0.15) is 0 Å². The number of nitrogens with zero attached hydrogens (tertiary/aromatic N) is 2. The maximum absolute atomic E-state index is 13.3. The molecule has 2 aromatic rings. The van der Waals surface area contributed by atoms with Crippen LogP contribution >= 0.6 is 0 Å². The maximum atomic E-state index is 13.3. The highest BCUT2D eigenvalue weighted by Crippen LogP contribution is 2.31. The number of hydrogen-bond donors (Lipinski definition) is 0. The lowest BCUT2D eigenvalue weighted by Gasteiger charge is -2.17. The molecule has 0 fully saturated rings. The number of halogens is 2. The van der Waals surface area contributed by atoms with E-state index in [1.807, 2.05) is 0 Å². The van der Waals surface area contributed by atoms with Crippen LogP contribution in [-0.4, -0.2) is 36.5 Å². The number of benzene rings is 2. The van der Waals surface area contributed by atoms with Gasteiger partial charge in [0.1, 0.15) is 11.6 Å². The van der Waals surface area contributed by atoms with Gasteiger partial charge in [-0.15, -0.1) is 0 Å². The summed E-state index contributed by atoms with van der Waals surface area (Å²) >= 11 is 0. The molecule has 0 aliphatic carbocycles. The van der Waals surface area contributed by atoms with Gasteiger partial charge in [0.2, 0.25) is 0 Å². The van der Waals surface area contributed by atoms with Crippen LogP contribution in [0, 0.1) is 11.6 Å². The van der Waals surface area contributed by atoms with E-state index in [-0.39, 0.29) is 11.1 Å². The number of anilines is 2. The number of unbranched alkanes of at least 4 members (excludes halogenated alkanes) is 5. The molecular formula is C24H22F2N2O4. The first-order valence-electron chi connectivity index (χ1n) is 10.7. The Labute approximate surface area is 183 Å². The molecule has 0 aromatic heterocycles. The van der Waals surface area contributed by atoms with Gasteiger partial charge in [0.15, 0.2) is 0 Å². The van der Waals surface area contributed by atoms with Crippen LogP contribution in [0.4, 0.5) is 20.2 Å². The first-order chi connectivity index (χ1) is 15.4. The van der Waals surface area contributed by atoms with Crippen LogP contribution in [-0.2, 0) is 9.59 Å². The predicted molar refractivity (Wildman–Crippen MR) is 114 cm³/mol. The molecule has 2 amide bonds. The average Bonchev–Trinajstić information content (AvgIpc) is 3.15. The highest BCUT2D eigenvalue weighted by molar-refractivity contribution is 6.52. The second kappa shape index (κ2) is 8.98. The Morgan fingerprint density at radius 3 is 1.34 bits per heavy atom. The molecule has 0 saturated carbocycles. The highest BCUT2D eigenvalue weighted by atomic mass is 19.1. The Hall–Kier alpha value is -3.42. The standard InChI is InChI=1S/C24H22F2N2O4/c25-15-7-9-19-17(13-15)21(29)23(31)27(19)11-5-3-1-2-4-6-12-28-20-10-8-16(26)14-18(20)22(30)24(28)32/h7-10,13-14H,1-6,11-12H2. The molecule has 0 atom stereocenters. The van der Waals surface area contributed by atoms with Crippen LogP contribution in [0.15, 0.2) is 36.4 Å². The summed E-state index contributed by atoms with van der Waals surface area (Å²) in [5.41, 5.74) is 1.17. The van der Waals surface area contributed by atoms with Crippen molar-refractivity contribution in [1.82, 2.24) is 0 Å². The van der Waals surface area contributed by atoms with Crippen LogP contribution < -0.4 is 9.80 Å². The van der Waals surface area contributed by atoms with Gasteiger partial charge >= 0.3 is 0 Å². The normalized spacial score (nSPS) is 15.1. The Morgan fingerprint density at radius 1 is 0.562 bits per heavy atom. The first kappa shape index (κ1) is 21.8. The Kier molecular flexibility index (Phi) is 6.12. The summed E-state index contributed by atoms with van der Waals surface area (Å²) in [6.07, 6.45) is 4.99. The van der Waals surface area contributed by atoms with E-state index >= 15 is 0 Å². The second-order valence-electron chi connectivity index (χ2n) is 8.02. The average molecular weight is 440 g/mol. The summed E-state index contributed by atoms with van der Waals surface area (Å²) in [5.74, 6) is -3.64. The molecule has 4 rings (SSSR count). The van der Waals surface area contributed by atoms with E-state index in [1.54, 1.807) is 0 Å². The van der Waals surface area contributed by atoms with E-state index in [0.717, 1.165) is 37.8 Å². The summed E-state index contributed by atoms with van der Waals surface area (Å²) < 4.78 is 26.7. The second-order valence-corrected chi connectivity index (χ2v) is 8.02. The van der Waals surface area contributed by atoms with Crippen LogP contribution in [0.3, 0.4) is 0 Å². The number of Topliss-reactive ketones (excluding diaryl/α,β-unsaturated/α-hetero) is 2. The summed E-state index contributed by atoms with van der Waals surface area (Å²) in [4.78, 5) is 51.1. The minimum Gasteiger partial charge on any atom is -0.305 e. The molecule has 166 valence electrons. The number of carbonyl (C=O) groups excluding carboxylic acids is 4. The van der Waals surface area contributed by atoms with Crippen molar-refractivity contribution in [3.05, 3.63) is 59.2 Å².